The van der Waals surface area contributed by atoms with E-state index in [2.05, 4.69) is 10.2 Å². The Morgan fingerprint density at radius 1 is 1.42 bits per heavy atom. The van der Waals surface area contributed by atoms with E-state index in [1.807, 2.05) is 13.8 Å². The SMILES string of the molecule is COc1c(N2CCNCC2)sc(C(=O)C(C)C)c1N. The van der Waals surface area contributed by atoms with Crippen LogP contribution in [0.25, 0.3) is 0 Å². The van der Waals surface area contributed by atoms with Crippen molar-refractivity contribution in [3.8, 4) is 5.75 Å². The van der Waals surface area contributed by atoms with Gasteiger partial charge >= 0.3 is 0 Å². The number of nitrogens with zero attached hydrogens (tertiary/aromatic N) is 1. The van der Waals surface area contributed by atoms with E-state index < -0.39 is 0 Å². The van der Waals surface area contributed by atoms with Gasteiger partial charge < -0.3 is 20.7 Å². The molecule has 1 aromatic rings. The van der Waals surface area contributed by atoms with Crippen LogP contribution in [-0.2, 0) is 0 Å². The Hall–Kier alpha value is -1.27. The molecule has 0 atom stereocenters. The molecular formula is C13H21N3O2S. The van der Waals surface area contributed by atoms with Crippen LogP contribution in [0.2, 0.25) is 0 Å². The van der Waals surface area contributed by atoms with Gasteiger partial charge in [0.25, 0.3) is 0 Å². The van der Waals surface area contributed by atoms with Crippen LogP contribution in [0.1, 0.15) is 23.5 Å². The Kier molecular flexibility index (Phi) is 4.31. The van der Waals surface area contributed by atoms with Crippen molar-refractivity contribution in [2.75, 3.05) is 43.9 Å². The maximum Gasteiger partial charge on any atom is 0.177 e. The molecule has 1 saturated heterocycles. The number of Topliss-reactive ketones (excluding diaryl/α,β-unsaturated/α-hetero) is 1. The second-order valence-corrected chi connectivity index (χ2v) is 5.94. The third kappa shape index (κ3) is 2.69. The van der Waals surface area contributed by atoms with Gasteiger partial charge in [0.1, 0.15) is 5.00 Å². The van der Waals surface area contributed by atoms with Crippen LogP contribution in [0, 0.1) is 5.92 Å². The van der Waals surface area contributed by atoms with Gasteiger partial charge in [-0.15, -0.1) is 11.3 Å². The summed E-state index contributed by atoms with van der Waals surface area (Å²) >= 11 is 1.45. The molecule has 1 fully saturated rings. The lowest BCUT2D eigenvalue weighted by Gasteiger charge is -2.28. The van der Waals surface area contributed by atoms with Crippen molar-refractivity contribution in [3.05, 3.63) is 4.88 Å². The largest absolute Gasteiger partial charge is 0.492 e. The molecule has 19 heavy (non-hydrogen) atoms. The summed E-state index contributed by atoms with van der Waals surface area (Å²) in [6.45, 7) is 7.47. The number of carbonyl (C=O) groups excluding carboxylic acids is 1. The van der Waals surface area contributed by atoms with Gasteiger partial charge in [-0.25, -0.2) is 0 Å². The molecule has 3 N–H and O–H groups in total. The average molecular weight is 283 g/mol. The van der Waals surface area contributed by atoms with Gasteiger partial charge in [0.15, 0.2) is 11.5 Å². The molecule has 1 aliphatic rings. The molecule has 0 aliphatic carbocycles. The Bertz CT molecular complexity index is 465. The maximum absolute atomic E-state index is 12.2. The van der Waals surface area contributed by atoms with E-state index in [4.69, 9.17) is 10.5 Å². The number of nitrogens with one attached hydrogen (secondary N) is 1. The molecule has 2 rings (SSSR count). The van der Waals surface area contributed by atoms with E-state index in [0.29, 0.717) is 16.3 Å². The number of hydrogen-bond acceptors (Lipinski definition) is 6. The van der Waals surface area contributed by atoms with Gasteiger partial charge in [-0.3, -0.25) is 4.79 Å². The molecule has 6 heteroatoms. The highest BCUT2D eigenvalue weighted by Crippen LogP contribution is 2.45. The number of anilines is 2. The lowest BCUT2D eigenvalue weighted by atomic mass is 10.1. The Morgan fingerprint density at radius 3 is 2.58 bits per heavy atom. The van der Waals surface area contributed by atoms with Crippen LogP contribution in [0.15, 0.2) is 0 Å². The Morgan fingerprint density at radius 2 is 2.05 bits per heavy atom. The van der Waals surface area contributed by atoms with Crippen LogP contribution in [-0.4, -0.2) is 39.1 Å². The summed E-state index contributed by atoms with van der Waals surface area (Å²) in [4.78, 5) is 15.0. The molecule has 0 bridgehead atoms. The highest BCUT2D eigenvalue weighted by Gasteiger charge is 2.26. The summed E-state index contributed by atoms with van der Waals surface area (Å²) in [5, 5.41) is 4.29. The monoisotopic (exact) mass is 283 g/mol. The number of thiophene rings is 1. The average Bonchev–Trinajstić information content (AvgIpc) is 2.75. The minimum atomic E-state index is -0.0541. The molecule has 0 spiro atoms. The first-order valence-corrected chi connectivity index (χ1v) is 7.34. The maximum atomic E-state index is 12.2. The Labute approximate surface area is 117 Å². The molecule has 1 aromatic heterocycles. The van der Waals surface area contributed by atoms with Crippen LogP contribution in [0.5, 0.6) is 5.75 Å². The van der Waals surface area contributed by atoms with Gasteiger partial charge in [-0.05, 0) is 0 Å². The summed E-state index contributed by atoms with van der Waals surface area (Å²) in [7, 11) is 1.60. The van der Waals surface area contributed by atoms with Crippen LogP contribution in [0.4, 0.5) is 10.7 Å². The molecule has 5 nitrogen and oxygen atoms in total. The van der Waals surface area contributed by atoms with E-state index in [0.717, 1.165) is 31.2 Å². The van der Waals surface area contributed by atoms with E-state index in [1.54, 1.807) is 7.11 Å². The first kappa shape index (κ1) is 14.1. The quantitative estimate of drug-likeness (QED) is 0.821. The normalized spacial score (nSPS) is 15.9. The van der Waals surface area contributed by atoms with Gasteiger partial charge in [0.05, 0.1) is 17.7 Å². The predicted molar refractivity (Wildman–Crippen MR) is 79.5 cm³/mol. The molecule has 106 valence electrons. The van der Waals surface area contributed by atoms with E-state index in [9.17, 15) is 4.79 Å². The summed E-state index contributed by atoms with van der Waals surface area (Å²) in [5.41, 5.74) is 6.57. The zero-order valence-corrected chi connectivity index (χ0v) is 12.5. The molecule has 1 aliphatic heterocycles. The van der Waals surface area contributed by atoms with Crippen molar-refractivity contribution in [1.82, 2.24) is 5.32 Å². The lowest BCUT2D eigenvalue weighted by Crippen LogP contribution is -2.43. The summed E-state index contributed by atoms with van der Waals surface area (Å²) < 4.78 is 5.41. The molecule has 0 saturated carbocycles. The van der Waals surface area contributed by atoms with Crippen LogP contribution >= 0.6 is 11.3 Å². The summed E-state index contributed by atoms with van der Waals surface area (Å²) in [6.07, 6.45) is 0. The van der Waals surface area contributed by atoms with E-state index in [-0.39, 0.29) is 11.7 Å². The number of carbonyl (C=O) groups is 1. The number of ketones is 1. The highest BCUT2D eigenvalue weighted by atomic mass is 32.1. The number of nitrogens with two attached hydrogens (primary N) is 1. The van der Waals surface area contributed by atoms with Crippen molar-refractivity contribution >= 4 is 27.8 Å². The van der Waals surface area contributed by atoms with Crippen LogP contribution in [0.3, 0.4) is 0 Å². The summed E-state index contributed by atoms with van der Waals surface area (Å²) in [6, 6.07) is 0. The van der Waals surface area contributed by atoms with Crippen molar-refractivity contribution in [2.45, 2.75) is 13.8 Å². The second kappa shape index (κ2) is 5.79. The fraction of sp³-hybridized carbons (Fsp3) is 0.615. The number of nitrogen functional groups attached to an aromatic ring is 1. The third-order valence-corrected chi connectivity index (χ3v) is 4.50. The van der Waals surface area contributed by atoms with Gasteiger partial charge in [0, 0.05) is 32.1 Å². The van der Waals surface area contributed by atoms with Crippen LogP contribution < -0.4 is 20.7 Å². The summed E-state index contributed by atoms with van der Waals surface area (Å²) in [5.74, 6) is 0.680. The molecule has 0 aromatic carbocycles. The molecule has 0 unspecified atom stereocenters. The highest BCUT2D eigenvalue weighted by molar-refractivity contribution is 7.19. The molecule has 0 radical (unpaired) electrons. The number of ether oxygens (including phenoxy) is 1. The third-order valence-electron chi connectivity index (χ3n) is 3.24. The minimum absolute atomic E-state index is 0.0541. The standard InChI is InChI=1S/C13H21N3O2S/c1-8(2)10(17)12-9(14)11(18-3)13(19-12)16-6-4-15-5-7-16/h8,15H,4-7,14H2,1-3H3. The number of piperazine rings is 1. The molecule has 2 heterocycles. The number of hydrogen-bond donors (Lipinski definition) is 2. The van der Waals surface area contributed by atoms with Gasteiger partial charge in [-0.2, -0.15) is 0 Å². The number of methoxy groups -OCH3 is 1. The fourth-order valence-electron chi connectivity index (χ4n) is 2.13. The first-order chi connectivity index (χ1) is 9.06. The molecule has 0 amide bonds. The predicted octanol–water partition coefficient (Wildman–Crippen LogP) is 1.59. The van der Waals surface area contributed by atoms with Gasteiger partial charge in [-0.1, -0.05) is 13.8 Å². The van der Waals surface area contributed by atoms with Crippen molar-refractivity contribution in [3.63, 3.8) is 0 Å². The Balaban J connectivity index is 2.37. The van der Waals surface area contributed by atoms with Crippen molar-refractivity contribution < 1.29 is 9.53 Å². The topological polar surface area (TPSA) is 67.6 Å². The van der Waals surface area contributed by atoms with Gasteiger partial charge in [0.2, 0.25) is 0 Å². The van der Waals surface area contributed by atoms with Crippen molar-refractivity contribution in [2.24, 2.45) is 5.92 Å². The lowest BCUT2D eigenvalue weighted by molar-refractivity contribution is 0.0944. The molecular weight excluding hydrogens is 262 g/mol. The minimum Gasteiger partial charge on any atom is -0.492 e. The zero-order valence-electron chi connectivity index (χ0n) is 11.7. The number of rotatable bonds is 4. The van der Waals surface area contributed by atoms with E-state index in [1.165, 1.54) is 11.3 Å². The second-order valence-electron chi connectivity index (χ2n) is 4.94. The zero-order chi connectivity index (χ0) is 14.0. The first-order valence-electron chi connectivity index (χ1n) is 6.52. The van der Waals surface area contributed by atoms with E-state index >= 15 is 0 Å². The fourth-order valence-corrected chi connectivity index (χ4v) is 3.46. The van der Waals surface area contributed by atoms with Crippen molar-refractivity contribution in [1.29, 1.82) is 0 Å². The smallest absolute Gasteiger partial charge is 0.177 e.